The first-order valence-corrected chi connectivity index (χ1v) is 10.9. The molecule has 0 spiro atoms. The summed E-state index contributed by atoms with van der Waals surface area (Å²) in [6, 6.07) is 20.5. The highest BCUT2D eigenvalue weighted by Gasteiger charge is 2.13. The second-order valence-electron chi connectivity index (χ2n) is 6.63. The van der Waals surface area contributed by atoms with Gasteiger partial charge < -0.3 is 9.47 Å². The average molecular weight is 437 g/mol. The van der Waals surface area contributed by atoms with Crippen LogP contribution >= 0.6 is 11.8 Å². The third-order valence-corrected chi connectivity index (χ3v) is 5.45. The predicted molar refractivity (Wildman–Crippen MR) is 121 cm³/mol. The maximum absolute atomic E-state index is 13.4. The molecular formula is C24H21FN2O3S. The van der Waals surface area contributed by atoms with Gasteiger partial charge in [-0.2, -0.15) is 0 Å². The summed E-state index contributed by atoms with van der Waals surface area (Å²) < 4.78 is 26.1. The van der Waals surface area contributed by atoms with Crippen LogP contribution in [0, 0.1) is 5.82 Å². The Hall–Kier alpha value is -3.32. The van der Waals surface area contributed by atoms with Crippen molar-refractivity contribution in [3.63, 3.8) is 0 Å². The molecule has 0 N–H and O–H groups in total. The molecular weight excluding hydrogens is 415 g/mol. The molecule has 158 valence electrons. The summed E-state index contributed by atoms with van der Waals surface area (Å²) in [5.74, 6) is 1.77. The van der Waals surface area contributed by atoms with Gasteiger partial charge in [-0.05, 0) is 67.6 Å². The van der Waals surface area contributed by atoms with Crippen LogP contribution in [-0.4, -0.2) is 28.5 Å². The first-order valence-electron chi connectivity index (χ1n) is 9.92. The van der Waals surface area contributed by atoms with Crippen LogP contribution in [0.4, 0.5) is 4.39 Å². The van der Waals surface area contributed by atoms with E-state index in [1.54, 1.807) is 24.3 Å². The molecule has 0 aliphatic rings. The first-order chi connectivity index (χ1) is 15.2. The van der Waals surface area contributed by atoms with Gasteiger partial charge in [0.15, 0.2) is 5.16 Å². The van der Waals surface area contributed by atoms with Crippen molar-refractivity contribution in [2.24, 2.45) is 0 Å². The number of para-hydroxylation sites is 1. The smallest absolute Gasteiger partial charge is 0.266 e. The highest BCUT2D eigenvalue weighted by atomic mass is 32.2. The Morgan fingerprint density at radius 1 is 0.935 bits per heavy atom. The largest absolute Gasteiger partial charge is 0.494 e. The van der Waals surface area contributed by atoms with Gasteiger partial charge in [0.1, 0.15) is 17.3 Å². The summed E-state index contributed by atoms with van der Waals surface area (Å²) >= 11 is 1.41. The van der Waals surface area contributed by atoms with Gasteiger partial charge in [-0.15, -0.1) is 0 Å². The summed E-state index contributed by atoms with van der Waals surface area (Å²) in [7, 11) is 0. The molecule has 31 heavy (non-hydrogen) atoms. The van der Waals surface area contributed by atoms with Gasteiger partial charge in [0.2, 0.25) is 0 Å². The van der Waals surface area contributed by atoms with Crippen molar-refractivity contribution in [1.29, 1.82) is 0 Å². The summed E-state index contributed by atoms with van der Waals surface area (Å²) in [6.07, 6.45) is 0. The number of halogens is 1. The molecule has 3 aromatic carbocycles. The van der Waals surface area contributed by atoms with E-state index in [4.69, 9.17) is 9.47 Å². The fraction of sp³-hybridized carbons (Fsp3) is 0.167. The van der Waals surface area contributed by atoms with Gasteiger partial charge >= 0.3 is 0 Å². The number of thioether (sulfide) groups is 1. The number of rotatable bonds is 8. The molecule has 0 atom stereocenters. The van der Waals surface area contributed by atoms with Crippen molar-refractivity contribution in [3.8, 4) is 17.2 Å². The van der Waals surface area contributed by atoms with Crippen molar-refractivity contribution < 1.29 is 13.9 Å². The monoisotopic (exact) mass is 436 g/mol. The van der Waals surface area contributed by atoms with Crippen LogP contribution in [0.25, 0.3) is 16.6 Å². The number of benzene rings is 3. The normalized spacial score (nSPS) is 10.9. The summed E-state index contributed by atoms with van der Waals surface area (Å²) in [5.41, 5.74) is 1.01. The second-order valence-corrected chi connectivity index (χ2v) is 7.69. The predicted octanol–water partition coefficient (Wildman–Crippen LogP) is 5.09. The van der Waals surface area contributed by atoms with E-state index in [2.05, 4.69) is 4.98 Å². The van der Waals surface area contributed by atoms with E-state index < -0.39 is 0 Å². The van der Waals surface area contributed by atoms with Crippen molar-refractivity contribution in [2.45, 2.75) is 12.1 Å². The molecule has 0 amide bonds. The van der Waals surface area contributed by atoms with Crippen molar-refractivity contribution in [2.75, 3.05) is 19.0 Å². The Kier molecular flexibility index (Phi) is 6.52. The molecule has 0 radical (unpaired) electrons. The number of nitrogens with zero attached hydrogens (tertiary/aromatic N) is 2. The third kappa shape index (κ3) is 4.88. The van der Waals surface area contributed by atoms with E-state index in [1.807, 2.05) is 43.3 Å². The van der Waals surface area contributed by atoms with Crippen molar-refractivity contribution in [3.05, 3.63) is 89.0 Å². The minimum atomic E-state index is -0.358. The maximum atomic E-state index is 13.4. The maximum Gasteiger partial charge on any atom is 0.266 e. The third-order valence-electron chi connectivity index (χ3n) is 4.55. The van der Waals surface area contributed by atoms with Crippen LogP contribution in [0.15, 0.2) is 82.7 Å². The van der Waals surface area contributed by atoms with E-state index >= 15 is 0 Å². The Morgan fingerprint density at radius 3 is 2.32 bits per heavy atom. The highest BCUT2D eigenvalue weighted by Crippen LogP contribution is 2.22. The summed E-state index contributed by atoms with van der Waals surface area (Å²) in [6.45, 7) is 2.99. The zero-order valence-corrected chi connectivity index (χ0v) is 17.8. The van der Waals surface area contributed by atoms with Crippen LogP contribution in [-0.2, 0) is 0 Å². The molecule has 0 aliphatic heterocycles. The lowest BCUT2D eigenvalue weighted by Gasteiger charge is -2.13. The van der Waals surface area contributed by atoms with E-state index in [9.17, 15) is 9.18 Å². The van der Waals surface area contributed by atoms with Crippen LogP contribution in [0.5, 0.6) is 11.5 Å². The van der Waals surface area contributed by atoms with Gasteiger partial charge in [0.25, 0.3) is 5.56 Å². The van der Waals surface area contributed by atoms with E-state index in [0.29, 0.717) is 40.7 Å². The van der Waals surface area contributed by atoms with E-state index in [1.165, 1.54) is 28.5 Å². The minimum Gasteiger partial charge on any atom is -0.494 e. The number of aromatic nitrogens is 2. The standard InChI is InChI=1S/C24H21FN2O3S/c1-2-29-19-11-13-20(14-12-19)30-15-16-31-24-26-22-6-4-3-5-21(22)23(28)27(24)18-9-7-17(25)8-10-18/h3-14H,2,15-16H2,1H3. The van der Waals surface area contributed by atoms with Gasteiger partial charge in [-0.3, -0.25) is 9.36 Å². The fourth-order valence-corrected chi connectivity index (χ4v) is 3.95. The van der Waals surface area contributed by atoms with Gasteiger partial charge in [-0.25, -0.2) is 9.37 Å². The van der Waals surface area contributed by atoms with Gasteiger partial charge in [0.05, 0.1) is 29.8 Å². The second kappa shape index (κ2) is 9.66. The molecule has 1 aromatic heterocycles. The molecule has 0 saturated heterocycles. The molecule has 0 unspecified atom stereocenters. The molecule has 0 aliphatic carbocycles. The van der Waals surface area contributed by atoms with Crippen molar-refractivity contribution >= 4 is 22.7 Å². The van der Waals surface area contributed by atoms with Crippen LogP contribution in [0.1, 0.15) is 6.92 Å². The lowest BCUT2D eigenvalue weighted by molar-refractivity contribution is 0.332. The molecule has 0 fully saturated rings. The lowest BCUT2D eigenvalue weighted by Crippen LogP contribution is -2.22. The molecule has 0 bridgehead atoms. The quantitative estimate of drug-likeness (QED) is 0.219. The zero-order valence-electron chi connectivity index (χ0n) is 17.0. The Bertz CT molecular complexity index is 1220. The number of hydrogen-bond acceptors (Lipinski definition) is 5. The van der Waals surface area contributed by atoms with E-state index in [-0.39, 0.29) is 11.4 Å². The molecule has 0 saturated carbocycles. The molecule has 4 rings (SSSR count). The molecule has 1 heterocycles. The van der Waals surface area contributed by atoms with Gasteiger partial charge in [0, 0.05) is 5.75 Å². The summed E-state index contributed by atoms with van der Waals surface area (Å²) in [4.78, 5) is 17.8. The Morgan fingerprint density at radius 2 is 1.61 bits per heavy atom. The van der Waals surface area contributed by atoms with Gasteiger partial charge in [-0.1, -0.05) is 23.9 Å². The van der Waals surface area contributed by atoms with E-state index in [0.717, 1.165) is 11.5 Å². The fourth-order valence-electron chi connectivity index (χ4n) is 3.12. The molecule has 5 nitrogen and oxygen atoms in total. The average Bonchev–Trinajstić information content (AvgIpc) is 2.79. The molecule has 7 heteroatoms. The number of fused-ring (bicyclic) bond motifs is 1. The lowest BCUT2D eigenvalue weighted by atomic mass is 10.2. The van der Waals surface area contributed by atoms with Crippen LogP contribution < -0.4 is 15.0 Å². The SMILES string of the molecule is CCOc1ccc(OCCSc2nc3ccccc3c(=O)n2-c2ccc(F)cc2)cc1. The highest BCUT2D eigenvalue weighted by molar-refractivity contribution is 7.99. The van der Waals surface area contributed by atoms with Crippen LogP contribution in [0.2, 0.25) is 0 Å². The molecule has 4 aromatic rings. The topological polar surface area (TPSA) is 53.4 Å². The first kappa shape index (κ1) is 20.9. The number of hydrogen-bond donors (Lipinski definition) is 0. The Labute approximate surface area is 183 Å². The Balaban J connectivity index is 1.54. The summed E-state index contributed by atoms with van der Waals surface area (Å²) in [5, 5.41) is 1.05. The van der Waals surface area contributed by atoms with Crippen LogP contribution in [0.3, 0.4) is 0 Å². The van der Waals surface area contributed by atoms with Crippen molar-refractivity contribution in [1.82, 2.24) is 9.55 Å². The zero-order chi connectivity index (χ0) is 21.6. The number of ether oxygens (including phenoxy) is 2. The minimum absolute atomic E-state index is 0.188.